The summed E-state index contributed by atoms with van der Waals surface area (Å²) in [5.74, 6) is 0. The zero-order valence-electron chi connectivity index (χ0n) is 11.3. The zero-order valence-corrected chi connectivity index (χ0v) is 11.3. The predicted octanol–water partition coefficient (Wildman–Crippen LogP) is 1.95. The van der Waals surface area contributed by atoms with Crippen LogP contribution in [-0.4, -0.2) is 12.3 Å². The SMILES string of the molecule is NC1c2ccc(Cc3ccccc3)cc2CNC1C=O. The number of carbonyl (C=O) groups is 1. The summed E-state index contributed by atoms with van der Waals surface area (Å²) in [5.41, 5.74) is 11.0. The summed E-state index contributed by atoms with van der Waals surface area (Å²) in [6.07, 6.45) is 1.81. The highest BCUT2D eigenvalue weighted by Crippen LogP contribution is 2.25. The maximum Gasteiger partial charge on any atom is 0.138 e. The van der Waals surface area contributed by atoms with Crippen molar-refractivity contribution in [1.82, 2.24) is 5.32 Å². The van der Waals surface area contributed by atoms with E-state index in [1.54, 1.807) is 0 Å². The van der Waals surface area contributed by atoms with Crippen LogP contribution in [0.3, 0.4) is 0 Å². The summed E-state index contributed by atoms with van der Waals surface area (Å²) in [4.78, 5) is 10.9. The molecule has 0 amide bonds. The Morgan fingerprint density at radius 2 is 1.95 bits per heavy atom. The van der Waals surface area contributed by atoms with Crippen LogP contribution in [0.25, 0.3) is 0 Å². The van der Waals surface area contributed by atoms with Crippen LogP contribution < -0.4 is 11.1 Å². The lowest BCUT2D eigenvalue weighted by atomic mass is 9.89. The number of nitrogens with one attached hydrogen (secondary N) is 1. The van der Waals surface area contributed by atoms with E-state index in [-0.39, 0.29) is 12.1 Å². The normalized spacial score (nSPS) is 21.2. The van der Waals surface area contributed by atoms with Crippen molar-refractivity contribution in [3.8, 4) is 0 Å². The van der Waals surface area contributed by atoms with Crippen LogP contribution in [0.2, 0.25) is 0 Å². The Balaban J connectivity index is 1.85. The largest absolute Gasteiger partial charge is 0.322 e. The maximum atomic E-state index is 10.9. The second-order valence-corrected chi connectivity index (χ2v) is 5.26. The van der Waals surface area contributed by atoms with Gasteiger partial charge in [0.1, 0.15) is 6.29 Å². The standard InChI is InChI=1S/C17H18N2O/c18-17-15-7-6-13(8-12-4-2-1-3-5-12)9-14(15)10-19-16(17)11-20/h1-7,9,11,16-17,19H,8,10,18H2. The molecule has 0 aromatic heterocycles. The fourth-order valence-corrected chi connectivity index (χ4v) is 2.76. The van der Waals surface area contributed by atoms with Gasteiger partial charge in [-0.1, -0.05) is 48.5 Å². The van der Waals surface area contributed by atoms with Crippen molar-refractivity contribution >= 4 is 6.29 Å². The molecule has 2 aromatic rings. The first-order valence-corrected chi connectivity index (χ1v) is 6.88. The number of rotatable bonds is 3. The van der Waals surface area contributed by atoms with Crippen LogP contribution >= 0.6 is 0 Å². The molecule has 3 rings (SSSR count). The number of aldehydes is 1. The number of hydrogen-bond acceptors (Lipinski definition) is 3. The Hall–Kier alpha value is -1.97. The van der Waals surface area contributed by atoms with Gasteiger partial charge in [0.25, 0.3) is 0 Å². The minimum atomic E-state index is -0.275. The Labute approximate surface area is 118 Å². The van der Waals surface area contributed by atoms with E-state index in [0.29, 0.717) is 6.54 Å². The molecular weight excluding hydrogens is 248 g/mol. The van der Waals surface area contributed by atoms with Gasteiger partial charge in [0.05, 0.1) is 12.1 Å². The van der Waals surface area contributed by atoms with E-state index < -0.39 is 0 Å². The van der Waals surface area contributed by atoms with Gasteiger partial charge in [-0.2, -0.15) is 0 Å². The van der Waals surface area contributed by atoms with Gasteiger partial charge in [0.15, 0.2) is 0 Å². The molecule has 20 heavy (non-hydrogen) atoms. The molecule has 0 saturated heterocycles. The van der Waals surface area contributed by atoms with Crippen LogP contribution in [0.4, 0.5) is 0 Å². The molecular formula is C17H18N2O. The number of hydrogen-bond donors (Lipinski definition) is 2. The van der Waals surface area contributed by atoms with E-state index in [9.17, 15) is 4.79 Å². The fourth-order valence-electron chi connectivity index (χ4n) is 2.76. The number of carbonyl (C=O) groups excluding carboxylic acids is 1. The molecule has 0 bridgehead atoms. The van der Waals surface area contributed by atoms with Crippen molar-refractivity contribution < 1.29 is 4.79 Å². The number of fused-ring (bicyclic) bond motifs is 1. The van der Waals surface area contributed by atoms with Crippen LogP contribution in [0.15, 0.2) is 48.5 Å². The van der Waals surface area contributed by atoms with E-state index in [1.165, 1.54) is 16.7 Å². The Morgan fingerprint density at radius 1 is 1.15 bits per heavy atom. The van der Waals surface area contributed by atoms with Gasteiger partial charge in [-0.25, -0.2) is 0 Å². The average molecular weight is 266 g/mol. The Bertz CT molecular complexity index is 610. The molecule has 0 radical (unpaired) electrons. The first-order chi connectivity index (χ1) is 9.78. The van der Waals surface area contributed by atoms with Crippen molar-refractivity contribution in [1.29, 1.82) is 0 Å². The Kier molecular flexibility index (Phi) is 3.63. The lowest BCUT2D eigenvalue weighted by Gasteiger charge is -2.29. The molecule has 0 fully saturated rings. The summed E-state index contributed by atoms with van der Waals surface area (Å²) in [6.45, 7) is 0.703. The summed E-state index contributed by atoms with van der Waals surface area (Å²) in [6, 6.07) is 16.2. The van der Waals surface area contributed by atoms with E-state index in [2.05, 4.69) is 47.8 Å². The van der Waals surface area contributed by atoms with Crippen LogP contribution in [0, 0.1) is 0 Å². The topological polar surface area (TPSA) is 55.1 Å². The summed E-state index contributed by atoms with van der Waals surface area (Å²) in [5, 5.41) is 3.17. The zero-order chi connectivity index (χ0) is 13.9. The number of benzene rings is 2. The molecule has 2 unspecified atom stereocenters. The van der Waals surface area contributed by atoms with Crippen LogP contribution in [0.1, 0.15) is 28.3 Å². The minimum absolute atomic E-state index is 0.248. The average Bonchev–Trinajstić information content (AvgIpc) is 2.49. The molecule has 1 aliphatic rings. The lowest BCUT2D eigenvalue weighted by Crippen LogP contribution is -2.44. The molecule has 1 heterocycles. The van der Waals surface area contributed by atoms with E-state index >= 15 is 0 Å². The third-order valence-corrected chi connectivity index (χ3v) is 3.88. The summed E-state index contributed by atoms with van der Waals surface area (Å²) in [7, 11) is 0. The molecule has 3 heteroatoms. The fraction of sp³-hybridized carbons (Fsp3) is 0.235. The van der Waals surface area contributed by atoms with Crippen molar-refractivity contribution in [2.45, 2.75) is 25.0 Å². The van der Waals surface area contributed by atoms with Crippen molar-refractivity contribution in [2.24, 2.45) is 5.73 Å². The number of nitrogens with two attached hydrogens (primary N) is 1. The lowest BCUT2D eigenvalue weighted by molar-refractivity contribution is -0.110. The van der Waals surface area contributed by atoms with Gasteiger partial charge in [-0.3, -0.25) is 0 Å². The molecule has 102 valence electrons. The minimum Gasteiger partial charge on any atom is -0.322 e. The van der Waals surface area contributed by atoms with Crippen molar-refractivity contribution in [3.63, 3.8) is 0 Å². The highest BCUT2D eigenvalue weighted by Gasteiger charge is 2.25. The molecule has 0 saturated carbocycles. The van der Waals surface area contributed by atoms with Crippen LogP contribution in [0.5, 0.6) is 0 Å². The second kappa shape index (κ2) is 5.57. The highest BCUT2D eigenvalue weighted by molar-refractivity contribution is 5.61. The summed E-state index contributed by atoms with van der Waals surface area (Å²) < 4.78 is 0. The third kappa shape index (κ3) is 2.50. The molecule has 2 aromatic carbocycles. The molecule has 1 aliphatic heterocycles. The molecule has 3 N–H and O–H groups in total. The van der Waals surface area contributed by atoms with Gasteiger partial charge >= 0.3 is 0 Å². The molecule has 0 aliphatic carbocycles. The first-order valence-electron chi connectivity index (χ1n) is 6.88. The van der Waals surface area contributed by atoms with Gasteiger partial charge in [0.2, 0.25) is 0 Å². The highest BCUT2D eigenvalue weighted by atomic mass is 16.1. The van der Waals surface area contributed by atoms with Gasteiger partial charge in [0, 0.05) is 6.54 Å². The molecule has 2 atom stereocenters. The van der Waals surface area contributed by atoms with Gasteiger partial charge in [-0.05, 0) is 28.7 Å². The van der Waals surface area contributed by atoms with Crippen molar-refractivity contribution in [3.05, 3.63) is 70.8 Å². The smallest absolute Gasteiger partial charge is 0.138 e. The maximum absolute atomic E-state index is 10.9. The van der Waals surface area contributed by atoms with Crippen LogP contribution in [-0.2, 0) is 17.8 Å². The van der Waals surface area contributed by atoms with Crippen molar-refractivity contribution in [2.75, 3.05) is 0 Å². The van der Waals surface area contributed by atoms with E-state index in [4.69, 9.17) is 5.73 Å². The third-order valence-electron chi connectivity index (χ3n) is 3.88. The van der Waals surface area contributed by atoms with Gasteiger partial charge in [-0.15, -0.1) is 0 Å². The van der Waals surface area contributed by atoms with Gasteiger partial charge < -0.3 is 15.8 Å². The monoisotopic (exact) mass is 266 g/mol. The second-order valence-electron chi connectivity index (χ2n) is 5.26. The first kappa shape index (κ1) is 13.0. The van der Waals surface area contributed by atoms with E-state index in [1.807, 2.05) is 6.07 Å². The van der Waals surface area contributed by atoms with E-state index in [0.717, 1.165) is 18.3 Å². The quantitative estimate of drug-likeness (QED) is 0.835. The molecule has 3 nitrogen and oxygen atoms in total. The summed E-state index contributed by atoms with van der Waals surface area (Å²) >= 11 is 0. The molecule has 0 spiro atoms. The Morgan fingerprint density at radius 3 is 2.70 bits per heavy atom. The predicted molar refractivity (Wildman–Crippen MR) is 79.3 cm³/mol.